The van der Waals surface area contributed by atoms with Crippen LogP contribution in [0.5, 0.6) is 0 Å². The van der Waals surface area contributed by atoms with E-state index in [1.807, 2.05) is 12.5 Å². The van der Waals surface area contributed by atoms with Gasteiger partial charge in [0.15, 0.2) is 0 Å². The van der Waals surface area contributed by atoms with Crippen LogP contribution < -0.4 is 0 Å². The highest BCUT2D eigenvalue weighted by molar-refractivity contribution is 8.93. The van der Waals surface area contributed by atoms with Crippen LogP contribution in [0.15, 0.2) is 6.58 Å². The van der Waals surface area contributed by atoms with Crippen LogP contribution in [0.1, 0.15) is 0 Å². The van der Waals surface area contributed by atoms with Crippen molar-refractivity contribution in [3.63, 3.8) is 0 Å². The number of hydrogen-bond donors (Lipinski definition) is 0. The van der Waals surface area contributed by atoms with Crippen molar-refractivity contribution in [2.24, 2.45) is 0 Å². The van der Waals surface area contributed by atoms with Crippen molar-refractivity contribution >= 4 is 34.7 Å². The normalized spacial score (nSPS) is 3.71. The minimum Gasteiger partial charge on any atom is -0.234 e. The Morgan fingerprint density at radius 3 is 1.57 bits per heavy atom. The molecule has 0 heterocycles. The predicted octanol–water partition coefficient (Wildman–Crippen LogP) is 1.56. The van der Waals surface area contributed by atoms with E-state index in [0.717, 1.165) is 0 Å². The van der Waals surface area contributed by atoms with Gasteiger partial charge in [-0.25, -0.2) is 4.79 Å². The summed E-state index contributed by atoms with van der Waals surface area (Å²) >= 11 is 1.75. The van der Waals surface area contributed by atoms with Gasteiger partial charge in [0, 0.05) is 0 Å². The molecular formula is C4H9BrOS. The Labute approximate surface area is 58.9 Å². The van der Waals surface area contributed by atoms with Gasteiger partial charge in [0.25, 0.3) is 0 Å². The SMILES string of the molecule is Br.C=C=O.CSC. The summed E-state index contributed by atoms with van der Waals surface area (Å²) in [6, 6.07) is 0. The maximum absolute atomic E-state index is 8.57. The third-order valence-corrected chi connectivity index (χ3v) is 0. The summed E-state index contributed by atoms with van der Waals surface area (Å²) in [5.41, 5.74) is 0. The molecule has 7 heavy (non-hydrogen) atoms. The average Bonchev–Trinajstić information content (AvgIpc) is 1.39. The number of halogens is 1. The Bertz CT molecular complexity index is 41.0. The second kappa shape index (κ2) is 33.7. The van der Waals surface area contributed by atoms with Crippen LogP contribution in [0.2, 0.25) is 0 Å². The molecule has 0 radical (unpaired) electrons. The van der Waals surface area contributed by atoms with Gasteiger partial charge in [-0.15, -0.1) is 17.0 Å². The first kappa shape index (κ1) is 15.7. The molecule has 0 bridgehead atoms. The zero-order chi connectivity index (χ0) is 5.41. The molecule has 0 N–H and O–H groups in total. The minimum absolute atomic E-state index is 0. The van der Waals surface area contributed by atoms with Crippen LogP contribution in [-0.2, 0) is 4.79 Å². The average molecular weight is 185 g/mol. The fraction of sp³-hybridized carbons (Fsp3) is 0.500. The van der Waals surface area contributed by atoms with Crippen LogP contribution >= 0.6 is 28.7 Å². The lowest BCUT2D eigenvalue weighted by molar-refractivity contribution is 0.569. The molecule has 0 rings (SSSR count). The Morgan fingerprint density at radius 1 is 1.57 bits per heavy atom. The molecule has 0 aromatic rings. The van der Waals surface area contributed by atoms with E-state index < -0.39 is 0 Å². The lowest BCUT2D eigenvalue weighted by Crippen LogP contribution is -1.25. The Balaban J connectivity index is -0.0000000400. The van der Waals surface area contributed by atoms with Crippen molar-refractivity contribution in [1.82, 2.24) is 0 Å². The van der Waals surface area contributed by atoms with Crippen molar-refractivity contribution in [2.75, 3.05) is 12.5 Å². The molecule has 0 saturated heterocycles. The Kier molecular flexibility index (Phi) is 75.4. The Morgan fingerprint density at radius 2 is 1.57 bits per heavy atom. The van der Waals surface area contributed by atoms with E-state index in [2.05, 4.69) is 6.58 Å². The van der Waals surface area contributed by atoms with E-state index in [9.17, 15) is 0 Å². The fourth-order valence-corrected chi connectivity index (χ4v) is 0. The molecule has 0 aromatic carbocycles. The molecule has 0 fully saturated rings. The van der Waals surface area contributed by atoms with Gasteiger partial charge in [-0.05, 0) is 19.1 Å². The van der Waals surface area contributed by atoms with E-state index in [-0.39, 0.29) is 17.0 Å². The Hall–Kier alpha value is 0.280. The van der Waals surface area contributed by atoms with Crippen molar-refractivity contribution in [3.05, 3.63) is 6.58 Å². The van der Waals surface area contributed by atoms with Crippen LogP contribution in [0.25, 0.3) is 0 Å². The van der Waals surface area contributed by atoms with Crippen LogP contribution in [0.4, 0.5) is 0 Å². The predicted molar refractivity (Wildman–Crippen MR) is 41.1 cm³/mol. The van der Waals surface area contributed by atoms with Crippen molar-refractivity contribution in [1.29, 1.82) is 0 Å². The molecule has 44 valence electrons. The summed E-state index contributed by atoms with van der Waals surface area (Å²) in [5, 5.41) is 0. The van der Waals surface area contributed by atoms with Crippen molar-refractivity contribution < 1.29 is 4.79 Å². The molecule has 0 amide bonds. The summed E-state index contributed by atoms with van der Waals surface area (Å²) in [7, 11) is 0. The summed E-state index contributed by atoms with van der Waals surface area (Å²) in [6.45, 7) is 2.68. The quantitative estimate of drug-likeness (QED) is 0.532. The number of thioether (sulfide) groups is 1. The summed E-state index contributed by atoms with van der Waals surface area (Å²) in [6.07, 6.45) is 4.08. The number of rotatable bonds is 0. The third kappa shape index (κ3) is 1470. The monoisotopic (exact) mass is 184 g/mol. The van der Waals surface area contributed by atoms with E-state index in [1.165, 1.54) is 5.94 Å². The maximum Gasteiger partial charge on any atom is 0.116 e. The van der Waals surface area contributed by atoms with Crippen LogP contribution in [-0.4, -0.2) is 18.5 Å². The standard InChI is InChI=1S/C2H2O.C2H6S.BrH/c1-2-3;1-3-2;/h1H2;1-2H3;1H. The van der Waals surface area contributed by atoms with Gasteiger partial charge in [0.1, 0.15) is 5.94 Å². The zero-order valence-corrected chi connectivity index (χ0v) is 6.96. The first-order valence-electron chi connectivity index (χ1n) is 1.37. The van der Waals surface area contributed by atoms with Gasteiger partial charge in [0.05, 0.1) is 0 Å². The molecule has 0 unspecified atom stereocenters. The lowest BCUT2D eigenvalue weighted by Gasteiger charge is -1.51. The first-order valence-corrected chi connectivity index (χ1v) is 3.01. The molecule has 3 heteroatoms. The van der Waals surface area contributed by atoms with E-state index in [0.29, 0.717) is 0 Å². The zero-order valence-electron chi connectivity index (χ0n) is 4.43. The molecule has 0 atom stereocenters. The van der Waals surface area contributed by atoms with Crippen molar-refractivity contribution in [2.45, 2.75) is 0 Å². The third-order valence-electron chi connectivity index (χ3n) is 0. The summed E-state index contributed by atoms with van der Waals surface area (Å²) in [4.78, 5) is 8.57. The van der Waals surface area contributed by atoms with E-state index in [1.54, 1.807) is 11.8 Å². The molecule has 0 aliphatic heterocycles. The van der Waals surface area contributed by atoms with Gasteiger partial charge in [0.2, 0.25) is 0 Å². The van der Waals surface area contributed by atoms with Crippen LogP contribution in [0, 0.1) is 0 Å². The second-order valence-electron chi connectivity index (χ2n) is 0.553. The summed E-state index contributed by atoms with van der Waals surface area (Å²) < 4.78 is 0. The van der Waals surface area contributed by atoms with Gasteiger partial charge in [-0.1, -0.05) is 0 Å². The highest BCUT2D eigenvalue weighted by Gasteiger charge is 1.32. The van der Waals surface area contributed by atoms with Gasteiger partial charge < -0.3 is 0 Å². The highest BCUT2D eigenvalue weighted by Crippen LogP contribution is 1.70. The van der Waals surface area contributed by atoms with Crippen molar-refractivity contribution in [3.8, 4) is 0 Å². The molecular weight excluding hydrogens is 176 g/mol. The van der Waals surface area contributed by atoms with Crippen LogP contribution in [0.3, 0.4) is 0 Å². The van der Waals surface area contributed by atoms with E-state index in [4.69, 9.17) is 4.79 Å². The lowest BCUT2D eigenvalue weighted by atomic mass is 11.2. The number of hydrogen-bond acceptors (Lipinski definition) is 2. The van der Waals surface area contributed by atoms with Gasteiger partial charge >= 0.3 is 0 Å². The summed E-state index contributed by atoms with van der Waals surface area (Å²) in [5.74, 6) is 1.25. The molecule has 0 saturated carbocycles. The number of carbonyl (C=O) groups excluding carboxylic acids is 1. The topological polar surface area (TPSA) is 17.1 Å². The molecule has 0 aliphatic carbocycles. The second-order valence-corrected chi connectivity index (χ2v) is 1.37. The minimum atomic E-state index is 0. The molecule has 1 nitrogen and oxygen atoms in total. The first-order chi connectivity index (χ1) is 2.83. The maximum atomic E-state index is 8.57. The smallest absolute Gasteiger partial charge is 0.116 e. The van der Waals surface area contributed by atoms with E-state index >= 15 is 0 Å². The fourth-order valence-electron chi connectivity index (χ4n) is 0. The highest BCUT2D eigenvalue weighted by atomic mass is 79.9. The molecule has 0 aliphatic rings. The molecule has 0 spiro atoms. The molecule has 0 aromatic heterocycles. The largest absolute Gasteiger partial charge is 0.234 e. The van der Waals surface area contributed by atoms with Gasteiger partial charge in [-0.3, -0.25) is 0 Å². The van der Waals surface area contributed by atoms with Gasteiger partial charge in [-0.2, -0.15) is 11.8 Å².